The number of nitrogens with one attached hydrogen (secondary N) is 2. The van der Waals surface area contributed by atoms with Crippen molar-refractivity contribution >= 4 is 11.7 Å². The van der Waals surface area contributed by atoms with Crippen LogP contribution < -0.4 is 10.6 Å². The molecular formula is C18H26N4O2. The van der Waals surface area contributed by atoms with Crippen LogP contribution in [0.4, 0.5) is 10.5 Å². The van der Waals surface area contributed by atoms with Gasteiger partial charge in [-0.15, -0.1) is 0 Å². The average molecular weight is 330 g/mol. The molecule has 0 aliphatic heterocycles. The molecule has 0 aliphatic rings. The standard InChI is InChI=1S/C18H26N4O2/c1-5-22-14(4)17(13(3)21-22)20-18(24)19-12(2)11-16(23)15-9-7-6-8-10-15/h6-10,12,16,23H,5,11H2,1-4H3,(H2,19,20,24). The number of benzene rings is 1. The molecule has 24 heavy (non-hydrogen) atoms. The summed E-state index contributed by atoms with van der Waals surface area (Å²) in [6.07, 6.45) is -0.156. The molecule has 1 aromatic carbocycles. The lowest BCUT2D eigenvalue weighted by molar-refractivity contribution is 0.155. The van der Waals surface area contributed by atoms with E-state index in [0.29, 0.717) is 6.42 Å². The van der Waals surface area contributed by atoms with Crippen LogP contribution in [0.25, 0.3) is 0 Å². The molecule has 2 rings (SSSR count). The molecule has 2 aromatic rings. The minimum Gasteiger partial charge on any atom is -0.388 e. The van der Waals surface area contributed by atoms with Crippen LogP contribution in [0.15, 0.2) is 30.3 Å². The van der Waals surface area contributed by atoms with Gasteiger partial charge >= 0.3 is 6.03 Å². The zero-order valence-electron chi connectivity index (χ0n) is 14.7. The summed E-state index contributed by atoms with van der Waals surface area (Å²) in [7, 11) is 0. The van der Waals surface area contributed by atoms with Crippen LogP contribution >= 0.6 is 0 Å². The zero-order valence-corrected chi connectivity index (χ0v) is 14.7. The lowest BCUT2D eigenvalue weighted by Gasteiger charge is -2.18. The molecule has 0 radical (unpaired) electrons. The van der Waals surface area contributed by atoms with E-state index in [1.807, 2.05) is 62.7 Å². The van der Waals surface area contributed by atoms with Crippen molar-refractivity contribution in [3.8, 4) is 0 Å². The van der Waals surface area contributed by atoms with E-state index < -0.39 is 6.10 Å². The van der Waals surface area contributed by atoms with Crippen LogP contribution in [0.3, 0.4) is 0 Å². The minimum absolute atomic E-state index is 0.165. The van der Waals surface area contributed by atoms with Gasteiger partial charge in [-0.3, -0.25) is 4.68 Å². The number of aryl methyl sites for hydroxylation is 2. The van der Waals surface area contributed by atoms with Gasteiger partial charge in [0.2, 0.25) is 0 Å². The predicted octanol–water partition coefficient (Wildman–Crippen LogP) is 3.15. The van der Waals surface area contributed by atoms with Gasteiger partial charge in [-0.1, -0.05) is 30.3 Å². The fourth-order valence-corrected chi connectivity index (χ4v) is 2.76. The SMILES string of the molecule is CCn1nc(C)c(NC(=O)NC(C)CC(O)c2ccccc2)c1C. The third kappa shape index (κ3) is 4.35. The second-order valence-electron chi connectivity index (χ2n) is 6.02. The molecule has 0 saturated carbocycles. The largest absolute Gasteiger partial charge is 0.388 e. The number of aromatic nitrogens is 2. The fourth-order valence-electron chi connectivity index (χ4n) is 2.76. The number of urea groups is 1. The first kappa shape index (κ1) is 18.0. The molecule has 2 atom stereocenters. The number of amides is 2. The Bertz CT molecular complexity index is 682. The van der Waals surface area contributed by atoms with E-state index in [1.54, 1.807) is 0 Å². The van der Waals surface area contributed by atoms with E-state index in [1.165, 1.54) is 0 Å². The Balaban J connectivity index is 1.91. The van der Waals surface area contributed by atoms with E-state index >= 15 is 0 Å². The van der Waals surface area contributed by atoms with Gasteiger partial charge in [-0.05, 0) is 39.7 Å². The Hall–Kier alpha value is -2.34. The van der Waals surface area contributed by atoms with E-state index in [4.69, 9.17) is 0 Å². The molecule has 1 heterocycles. The maximum atomic E-state index is 12.2. The van der Waals surface area contributed by atoms with Gasteiger partial charge in [0.1, 0.15) is 0 Å². The highest BCUT2D eigenvalue weighted by molar-refractivity contribution is 5.90. The molecule has 3 N–H and O–H groups in total. The van der Waals surface area contributed by atoms with Gasteiger partial charge in [0.25, 0.3) is 0 Å². The number of hydrogen-bond donors (Lipinski definition) is 3. The number of carbonyl (C=O) groups excluding carboxylic acids is 1. The number of aliphatic hydroxyl groups is 1. The van der Waals surface area contributed by atoms with Crippen LogP contribution in [0.1, 0.15) is 43.3 Å². The zero-order chi connectivity index (χ0) is 17.7. The molecule has 0 spiro atoms. The molecule has 2 unspecified atom stereocenters. The van der Waals surface area contributed by atoms with Gasteiger partial charge in [-0.25, -0.2) is 4.79 Å². The maximum absolute atomic E-state index is 12.2. The highest BCUT2D eigenvalue weighted by Crippen LogP contribution is 2.20. The lowest BCUT2D eigenvalue weighted by atomic mass is 10.0. The molecule has 0 saturated heterocycles. The Morgan fingerprint density at radius 1 is 1.29 bits per heavy atom. The summed E-state index contributed by atoms with van der Waals surface area (Å²) >= 11 is 0. The molecule has 130 valence electrons. The number of aliphatic hydroxyl groups excluding tert-OH is 1. The molecule has 0 bridgehead atoms. The second kappa shape index (κ2) is 7.97. The lowest BCUT2D eigenvalue weighted by Crippen LogP contribution is -2.37. The summed E-state index contributed by atoms with van der Waals surface area (Å²) in [5.41, 5.74) is 3.32. The van der Waals surface area contributed by atoms with Gasteiger partial charge in [0.15, 0.2) is 0 Å². The van der Waals surface area contributed by atoms with Gasteiger partial charge < -0.3 is 15.7 Å². The van der Waals surface area contributed by atoms with Gasteiger partial charge in [-0.2, -0.15) is 5.10 Å². The van der Waals surface area contributed by atoms with Crippen molar-refractivity contribution in [1.82, 2.24) is 15.1 Å². The topological polar surface area (TPSA) is 79.2 Å². The highest BCUT2D eigenvalue weighted by atomic mass is 16.3. The summed E-state index contributed by atoms with van der Waals surface area (Å²) in [6.45, 7) is 8.45. The summed E-state index contributed by atoms with van der Waals surface area (Å²) in [6, 6.07) is 8.99. The Morgan fingerprint density at radius 2 is 1.96 bits per heavy atom. The number of anilines is 1. The average Bonchev–Trinajstić information content (AvgIpc) is 2.82. The molecular weight excluding hydrogens is 304 g/mol. The van der Waals surface area contributed by atoms with Crippen LogP contribution in [-0.4, -0.2) is 27.0 Å². The second-order valence-corrected chi connectivity index (χ2v) is 6.02. The number of hydrogen-bond acceptors (Lipinski definition) is 3. The number of rotatable bonds is 6. The molecule has 1 aromatic heterocycles. The summed E-state index contributed by atoms with van der Waals surface area (Å²) in [5, 5.41) is 20.3. The van der Waals surface area contributed by atoms with Crippen molar-refractivity contribution in [1.29, 1.82) is 0 Å². The Kier molecular flexibility index (Phi) is 5.98. The van der Waals surface area contributed by atoms with Crippen molar-refractivity contribution < 1.29 is 9.90 Å². The fraction of sp³-hybridized carbons (Fsp3) is 0.444. The Labute approximate surface area is 142 Å². The molecule has 0 fully saturated rings. The van der Waals surface area contributed by atoms with E-state index in [9.17, 15) is 9.90 Å². The van der Waals surface area contributed by atoms with Crippen LogP contribution in [-0.2, 0) is 6.54 Å². The highest BCUT2D eigenvalue weighted by Gasteiger charge is 2.17. The number of carbonyl (C=O) groups is 1. The van der Waals surface area contributed by atoms with Crippen LogP contribution in [0, 0.1) is 13.8 Å². The van der Waals surface area contributed by atoms with Crippen molar-refractivity contribution in [3.63, 3.8) is 0 Å². The minimum atomic E-state index is -0.604. The Morgan fingerprint density at radius 3 is 2.54 bits per heavy atom. The van der Waals surface area contributed by atoms with Crippen molar-refractivity contribution in [2.75, 3.05) is 5.32 Å². The summed E-state index contributed by atoms with van der Waals surface area (Å²) < 4.78 is 1.85. The quantitative estimate of drug-likeness (QED) is 0.761. The van der Waals surface area contributed by atoms with Crippen molar-refractivity contribution in [2.24, 2.45) is 0 Å². The van der Waals surface area contributed by atoms with Crippen LogP contribution in [0.2, 0.25) is 0 Å². The summed E-state index contributed by atoms with van der Waals surface area (Å²) in [5.74, 6) is 0. The van der Waals surface area contributed by atoms with E-state index in [0.717, 1.165) is 29.2 Å². The maximum Gasteiger partial charge on any atom is 0.319 e. The summed E-state index contributed by atoms with van der Waals surface area (Å²) in [4.78, 5) is 12.2. The third-order valence-corrected chi connectivity index (χ3v) is 4.06. The van der Waals surface area contributed by atoms with Crippen LogP contribution in [0.5, 0.6) is 0 Å². The molecule has 0 aliphatic carbocycles. The smallest absolute Gasteiger partial charge is 0.319 e. The van der Waals surface area contributed by atoms with E-state index in [2.05, 4.69) is 15.7 Å². The third-order valence-electron chi connectivity index (χ3n) is 4.06. The molecule has 2 amide bonds. The number of nitrogens with zero attached hydrogens (tertiary/aromatic N) is 2. The first-order valence-electron chi connectivity index (χ1n) is 8.26. The van der Waals surface area contributed by atoms with Gasteiger partial charge in [0.05, 0.1) is 23.2 Å². The first-order chi connectivity index (χ1) is 11.4. The van der Waals surface area contributed by atoms with E-state index in [-0.39, 0.29) is 12.1 Å². The van der Waals surface area contributed by atoms with Gasteiger partial charge in [0, 0.05) is 12.6 Å². The normalized spacial score (nSPS) is 13.4. The molecule has 6 heteroatoms. The first-order valence-corrected chi connectivity index (χ1v) is 8.26. The van der Waals surface area contributed by atoms with Crippen molar-refractivity contribution in [3.05, 3.63) is 47.3 Å². The monoisotopic (exact) mass is 330 g/mol. The predicted molar refractivity (Wildman–Crippen MR) is 95.0 cm³/mol. The molecule has 6 nitrogen and oxygen atoms in total. The van der Waals surface area contributed by atoms with Crippen molar-refractivity contribution in [2.45, 2.75) is 52.8 Å².